The van der Waals surface area contributed by atoms with Gasteiger partial charge in [-0.25, -0.2) is 0 Å². The number of fused-ring (bicyclic) bond motifs is 1. The van der Waals surface area contributed by atoms with Gasteiger partial charge in [0.25, 0.3) is 0 Å². The number of carbonyl (C=O) groups is 1. The molecule has 0 saturated carbocycles. The van der Waals surface area contributed by atoms with Crippen LogP contribution < -0.4 is 10.1 Å². The third-order valence-corrected chi connectivity index (χ3v) is 4.10. The molecule has 1 atom stereocenters. The molecular formula is C16H21NO3. The molecule has 2 heterocycles. The van der Waals surface area contributed by atoms with Gasteiger partial charge in [-0.3, -0.25) is 4.79 Å². The Morgan fingerprint density at radius 1 is 1.10 bits per heavy atom. The van der Waals surface area contributed by atoms with Gasteiger partial charge in [0.15, 0.2) is 0 Å². The second-order valence-electron chi connectivity index (χ2n) is 5.54. The average Bonchev–Trinajstić information content (AvgIpc) is 2.70. The van der Waals surface area contributed by atoms with Crippen LogP contribution in [0.5, 0.6) is 5.75 Å². The maximum Gasteiger partial charge on any atom is 0.223 e. The zero-order valence-corrected chi connectivity index (χ0v) is 11.6. The lowest BCUT2D eigenvalue weighted by atomic mass is 9.95. The number of amides is 1. The van der Waals surface area contributed by atoms with Gasteiger partial charge in [-0.1, -0.05) is 18.2 Å². The van der Waals surface area contributed by atoms with Gasteiger partial charge >= 0.3 is 0 Å². The van der Waals surface area contributed by atoms with E-state index in [2.05, 4.69) is 11.4 Å². The number of rotatable bonds is 2. The Morgan fingerprint density at radius 3 is 2.75 bits per heavy atom. The van der Waals surface area contributed by atoms with Crippen molar-refractivity contribution in [3.63, 3.8) is 0 Å². The molecule has 1 saturated heterocycles. The number of carbonyl (C=O) groups excluding carboxylic acids is 1. The molecule has 3 rings (SSSR count). The molecule has 0 aromatic heterocycles. The topological polar surface area (TPSA) is 47.6 Å². The minimum atomic E-state index is 0.0153. The second kappa shape index (κ2) is 6.27. The molecule has 0 bridgehead atoms. The number of ether oxygens (including phenoxy) is 2. The van der Waals surface area contributed by atoms with Gasteiger partial charge in [0.2, 0.25) is 5.91 Å². The quantitative estimate of drug-likeness (QED) is 0.897. The van der Waals surface area contributed by atoms with Crippen LogP contribution >= 0.6 is 0 Å². The minimum Gasteiger partial charge on any atom is -0.493 e. The Labute approximate surface area is 119 Å². The van der Waals surface area contributed by atoms with E-state index < -0.39 is 0 Å². The summed E-state index contributed by atoms with van der Waals surface area (Å²) in [5.74, 6) is 1.10. The highest BCUT2D eigenvalue weighted by molar-refractivity contribution is 5.79. The van der Waals surface area contributed by atoms with Crippen molar-refractivity contribution in [2.45, 2.75) is 31.7 Å². The Bertz CT molecular complexity index is 469. The minimum absolute atomic E-state index is 0.0153. The molecule has 0 spiro atoms. The van der Waals surface area contributed by atoms with Gasteiger partial charge in [-0.05, 0) is 37.3 Å². The number of hydrogen-bond acceptors (Lipinski definition) is 3. The van der Waals surface area contributed by atoms with Crippen molar-refractivity contribution in [2.24, 2.45) is 5.92 Å². The molecule has 0 radical (unpaired) electrons. The van der Waals surface area contributed by atoms with Gasteiger partial charge in [-0.15, -0.1) is 0 Å². The Hall–Kier alpha value is -1.55. The highest BCUT2D eigenvalue weighted by atomic mass is 16.5. The largest absolute Gasteiger partial charge is 0.493 e. The molecule has 1 aromatic carbocycles. The first-order chi connectivity index (χ1) is 9.83. The van der Waals surface area contributed by atoms with Crippen LogP contribution in [0.3, 0.4) is 0 Å². The lowest BCUT2D eigenvalue weighted by Crippen LogP contribution is -2.42. The number of nitrogens with one attached hydrogen (secondary N) is 1. The van der Waals surface area contributed by atoms with Crippen LogP contribution in [0.15, 0.2) is 24.3 Å². The fraction of sp³-hybridized carbons (Fsp3) is 0.562. The van der Waals surface area contributed by atoms with Crippen molar-refractivity contribution in [1.29, 1.82) is 0 Å². The highest BCUT2D eigenvalue weighted by Gasteiger charge is 2.26. The van der Waals surface area contributed by atoms with E-state index in [9.17, 15) is 4.79 Å². The van der Waals surface area contributed by atoms with Crippen molar-refractivity contribution in [1.82, 2.24) is 5.32 Å². The van der Waals surface area contributed by atoms with E-state index in [1.54, 1.807) is 0 Å². The molecule has 0 unspecified atom stereocenters. The summed E-state index contributed by atoms with van der Waals surface area (Å²) in [4.78, 5) is 12.4. The monoisotopic (exact) mass is 275 g/mol. The first-order valence-electron chi connectivity index (χ1n) is 7.42. The van der Waals surface area contributed by atoms with Gasteiger partial charge in [-0.2, -0.15) is 0 Å². The number of benzene rings is 1. The molecule has 1 N–H and O–H groups in total. The Balaban J connectivity index is 1.63. The second-order valence-corrected chi connectivity index (χ2v) is 5.54. The molecule has 2 aliphatic heterocycles. The molecule has 4 nitrogen and oxygen atoms in total. The van der Waals surface area contributed by atoms with Crippen molar-refractivity contribution < 1.29 is 14.3 Å². The van der Waals surface area contributed by atoms with E-state index in [0.717, 1.165) is 50.2 Å². The predicted molar refractivity (Wildman–Crippen MR) is 75.7 cm³/mol. The Kier molecular flexibility index (Phi) is 4.21. The van der Waals surface area contributed by atoms with Crippen LogP contribution in [0.2, 0.25) is 0 Å². The van der Waals surface area contributed by atoms with Crippen molar-refractivity contribution in [3.8, 4) is 5.75 Å². The van der Waals surface area contributed by atoms with Gasteiger partial charge in [0.1, 0.15) is 5.75 Å². The zero-order chi connectivity index (χ0) is 13.8. The maximum atomic E-state index is 12.4. The summed E-state index contributed by atoms with van der Waals surface area (Å²) in [6.45, 7) is 2.12. The van der Waals surface area contributed by atoms with Crippen LogP contribution in [-0.4, -0.2) is 31.8 Å². The van der Waals surface area contributed by atoms with E-state index >= 15 is 0 Å². The molecule has 0 aliphatic carbocycles. The van der Waals surface area contributed by atoms with E-state index in [0.29, 0.717) is 6.61 Å². The summed E-state index contributed by atoms with van der Waals surface area (Å²) in [5, 5.41) is 3.17. The molecule has 1 aromatic rings. The summed E-state index contributed by atoms with van der Waals surface area (Å²) in [6, 6.07) is 8.28. The smallest absolute Gasteiger partial charge is 0.223 e. The van der Waals surface area contributed by atoms with Crippen LogP contribution in [0.25, 0.3) is 0 Å². The van der Waals surface area contributed by atoms with Crippen LogP contribution in [0.4, 0.5) is 0 Å². The van der Waals surface area contributed by atoms with Crippen molar-refractivity contribution in [3.05, 3.63) is 29.8 Å². The third kappa shape index (κ3) is 3.12. The summed E-state index contributed by atoms with van der Waals surface area (Å²) in [6.07, 6.45) is 3.39. The SMILES string of the molecule is O=C(NC1CCOCC1)[C@H]1CCOc2ccccc2C1. The van der Waals surface area contributed by atoms with Crippen LogP contribution in [0.1, 0.15) is 24.8 Å². The molecule has 108 valence electrons. The highest BCUT2D eigenvalue weighted by Crippen LogP contribution is 2.26. The normalized spacial score (nSPS) is 23.3. The predicted octanol–water partition coefficient (Wildman–Crippen LogP) is 1.92. The van der Waals surface area contributed by atoms with E-state index in [-0.39, 0.29) is 17.9 Å². The molecule has 1 amide bonds. The van der Waals surface area contributed by atoms with E-state index in [1.807, 2.05) is 18.2 Å². The summed E-state index contributed by atoms with van der Waals surface area (Å²) >= 11 is 0. The molecule has 4 heteroatoms. The van der Waals surface area contributed by atoms with Crippen LogP contribution in [-0.2, 0) is 16.0 Å². The standard InChI is InChI=1S/C16H21NO3/c18-16(17-14-6-8-19-9-7-14)13-5-10-20-15-4-2-1-3-12(15)11-13/h1-4,13-14H,5-11H2,(H,17,18)/t13-/m0/s1. The lowest BCUT2D eigenvalue weighted by Gasteiger charge is -2.25. The third-order valence-electron chi connectivity index (χ3n) is 4.10. The van der Waals surface area contributed by atoms with Crippen LogP contribution in [0, 0.1) is 5.92 Å². The van der Waals surface area contributed by atoms with E-state index in [4.69, 9.17) is 9.47 Å². The van der Waals surface area contributed by atoms with E-state index in [1.165, 1.54) is 0 Å². The molecule has 20 heavy (non-hydrogen) atoms. The lowest BCUT2D eigenvalue weighted by molar-refractivity contribution is -0.126. The maximum absolute atomic E-state index is 12.4. The first-order valence-corrected chi connectivity index (χ1v) is 7.42. The molecule has 2 aliphatic rings. The number of hydrogen-bond donors (Lipinski definition) is 1. The van der Waals surface area contributed by atoms with Gasteiger partial charge < -0.3 is 14.8 Å². The summed E-state index contributed by atoms with van der Waals surface area (Å²) in [7, 11) is 0. The average molecular weight is 275 g/mol. The van der Waals surface area contributed by atoms with Crippen molar-refractivity contribution >= 4 is 5.91 Å². The Morgan fingerprint density at radius 2 is 1.90 bits per heavy atom. The molecular weight excluding hydrogens is 254 g/mol. The fourth-order valence-corrected chi connectivity index (χ4v) is 2.88. The summed E-state index contributed by atoms with van der Waals surface area (Å²) < 4.78 is 11.0. The van der Waals surface area contributed by atoms with Gasteiger partial charge in [0, 0.05) is 25.2 Å². The number of para-hydroxylation sites is 1. The van der Waals surface area contributed by atoms with Crippen molar-refractivity contribution in [2.75, 3.05) is 19.8 Å². The fourth-order valence-electron chi connectivity index (χ4n) is 2.88. The first kappa shape index (κ1) is 13.4. The van der Waals surface area contributed by atoms with Gasteiger partial charge in [0.05, 0.1) is 6.61 Å². The zero-order valence-electron chi connectivity index (χ0n) is 11.6. The molecule has 1 fully saturated rings. The summed E-state index contributed by atoms with van der Waals surface area (Å²) in [5.41, 5.74) is 1.14.